The van der Waals surface area contributed by atoms with E-state index >= 15 is 0 Å². The van der Waals surface area contributed by atoms with Gasteiger partial charge in [0.25, 0.3) is 0 Å². The van der Waals surface area contributed by atoms with E-state index in [4.69, 9.17) is 5.11 Å². The molecular weight excluding hydrogens is 178 g/mol. The van der Waals surface area contributed by atoms with Crippen molar-refractivity contribution in [3.8, 4) is 0 Å². The summed E-state index contributed by atoms with van der Waals surface area (Å²) in [5.41, 5.74) is 1.85. The van der Waals surface area contributed by atoms with Crippen LogP contribution < -0.4 is 0 Å². The van der Waals surface area contributed by atoms with Gasteiger partial charge in [-0.15, -0.1) is 22.7 Å². The molecule has 2 aromatic heterocycles. The molecule has 0 aliphatic heterocycles. The Kier molecular flexibility index (Phi) is 1.89. The Morgan fingerprint density at radius 1 is 1.55 bits per heavy atom. The van der Waals surface area contributed by atoms with E-state index in [0.717, 1.165) is 11.3 Å². The van der Waals surface area contributed by atoms with E-state index in [-0.39, 0.29) is 6.61 Å². The Labute approximate surface area is 72.1 Å². The largest absolute Gasteiger partial charge is 0.396 e. The maximum absolute atomic E-state index is 8.67. The van der Waals surface area contributed by atoms with Crippen molar-refractivity contribution in [2.24, 2.45) is 0 Å². The Morgan fingerprint density at radius 3 is 3.18 bits per heavy atom. The predicted molar refractivity (Wildman–Crippen MR) is 48.3 cm³/mol. The zero-order valence-electron chi connectivity index (χ0n) is 5.78. The number of aromatic nitrogens is 1. The topological polar surface area (TPSA) is 33.1 Å². The van der Waals surface area contributed by atoms with Gasteiger partial charge >= 0.3 is 0 Å². The molecule has 2 heterocycles. The molecule has 0 saturated carbocycles. The molecule has 0 unspecified atom stereocenters. The van der Waals surface area contributed by atoms with E-state index < -0.39 is 0 Å². The fourth-order valence-electron chi connectivity index (χ4n) is 0.951. The second kappa shape index (κ2) is 2.89. The maximum atomic E-state index is 8.67. The Balaban J connectivity index is 2.42. The van der Waals surface area contributed by atoms with Crippen molar-refractivity contribution < 1.29 is 5.11 Å². The van der Waals surface area contributed by atoms with Crippen LogP contribution in [0, 0.1) is 0 Å². The molecule has 0 atom stereocenters. The molecule has 1 N–H and O–H groups in total. The van der Waals surface area contributed by atoms with Crippen LogP contribution >= 0.6 is 22.7 Å². The van der Waals surface area contributed by atoms with Crippen molar-refractivity contribution >= 4 is 32.2 Å². The number of thiazole rings is 1. The molecule has 2 rings (SSSR count). The first-order chi connectivity index (χ1) is 5.40. The highest BCUT2D eigenvalue weighted by molar-refractivity contribution is 7.26. The van der Waals surface area contributed by atoms with Gasteiger partial charge in [-0.25, -0.2) is 4.98 Å². The Morgan fingerprint density at radius 2 is 2.45 bits per heavy atom. The molecular formula is C7H7NOS2. The summed E-state index contributed by atoms with van der Waals surface area (Å²) < 4.78 is 1.23. The van der Waals surface area contributed by atoms with Crippen LogP contribution in [0.5, 0.6) is 0 Å². The number of aliphatic hydroxyl groups excluding tert-OH is 1. The van der Waals surface area contributed by atoms with E-state index in [9.17, 15) is 0 Å². The summed E-state index contributed by atoms with van der Waals surface area (Å²) in [6, 6.07) is 2.11. The lowest BCUT2D eigenvalue weighted by Crippen LogP contribution is -1.84. The lowest BCUT2D eigenvalue weighted by atomic mass is 10.4. The van der Waals surface area contributed by atoms with Crippen molar-refractivity contribution in [2.75, 3.05) is 6.61 Å². The highest BCUT2D eigenvalue weighted by Gasteiger charge is 2.02. The van der Waals surface area contributed by atoms with Crippen molar-refractivity contribution in [1.29, 1.82) is 0 Å². The smallest absolute Gasteiger partial charge is 0.134 e. The number of rotatable bonds is 2. The van der Waals surface area contributed by atoms with Crippen LogP contribution in [0.3, 0.4) is 0 Å². The summed E-state index contributed by atoms with van der Waals surface area (Å²) >= 11 is 3.32. The van der Waals surface area contributed by atoms with Gasteiger partial charge in [0, 0.05) is 17.9 Å². The third-order valence-corrected chi connectivity index (χ3v) is 3.45. The summed E-state index contributed by atoms with van der Waals surface area (Å²) in [6.45, 7) is 0.230. The van der Waals surface area contributed by atoms with E-state index in [1.807, 2.05) is 5.51 Å². The van der Waals surface area contributed by atoms with E-state index in [1.165, 1.54) is 9.58 Å². The molecule has 2 aromatic rings. The van der Waals surface area contributed by atoms with Gasteiger partial charge < -0.3 is 5.11 Å². The molecule has 0 saturated heterocycles. The average molecular weight is 185 g/mol. The third-order valence-electron chi connectivity index (χ3n) is 1.44. The third kappa shape index (κ3) is 1.29. The van der Waals surface area contributed by atoms with Gasteiger partial charge in [0.1, 0.15) is 4.83 Å². The van der Waals surface area contributed by atoms with Crippen LogP contribution in [0.1, 0.15) is 4.88 Å². The first-order valence-corrected chi connectivity index (χ1v) is 5.02. The molecule has 0 spiro atoms. The molecule has 0 aliphatic rings. The van der Waals surface area contributed by atoms with Gasteiger partial charge in [-0.2, -0.15) is 0 Å². The quantitative estimate of drug-likeness (QED) is 0.775. The number of thiophene rings is 1. The standard InChI is InChI=1S/C7H7NOS2/c9-2-1-5-3-6-7(11-5)8-4-10-6/h3-4,9H,1-2H2. The van der Waals surface area contributed by atoms with E-state index in [2.05, 4.69) is 11.1 Å². The number of hydrogen-bond donors (Lipinski definition) is 1. The summed E-state index contributed by atoms with van der Waals surface area (Å²) in [5, 5.41) is 8.67. The summed E-state index contributed by atoms with van der Waals surface area (Å²) in [4.78, 5) is 6.50. The SMILES string of the molecule is OCCc1cc2scnc2s1. The normalized spacial score (nSPS) is 11.0. The molecule has 11 heavy (non-hydrogen) atoms. The zero-order chi connectivity index (χ0) is 7.68. The highest BCUT2D eigenvalue weighted by Crippen LogP contribution is 2.27. The summed E-state index contributed by atoms with van der Waals surface area (Å²) in [5.74, 6) is 0. The van der Waals surface area contributed by atoms with Crippen molar-refractivity contribution in [3.05, 3.63) is 16.5 Å². The minimum absolute atomic E-state index is 0.230. The minimum atomic E-state index is 0.230. The number of fused-ring (bicyclic) bond motifs is 1. The second-order valence-electron chi connectivity index (χ2n) is 2.21. The predicted octanol–water partition coefficient (Wildman–Crippen LogP) is 1.89. The minimum Gasteiger partial charge on any atom is -0.396 e. The molecule has 0 aromatic carbocycles. The van der Waals surface area contributed by atoms with Gasteiger partial charge in [-0.1, -0.05) is 0 Å². The molecule has 58 valence electrons. The second-order valence-corrected chi connectivity index (χ2v) is 4.21. The molecule has 0 amide bonds. The molecule has 0 fully saturated rings. The van der Waals surface area contributed by atoms with Crippen LogP contribution in [-0.2, 0) is 6.42 Å². The van der Waals surface area contributed by atoms with Crippen LogP contribution in [0.25, 0.3) is 9.53 Å². The number of hydrogen-bond acceptors (Lipinski definition) is 4. The van der Waals surface area contributed by atoms with Gasteiger partial charge in [0.2, 0.25) is 0 Å². The lowest BCUT2D eigenvalue weighted by Gasteiger charge is -1.86. The highest BCUT2D eigenvalue weighted by atomic mass is 32.1. The van der Waals surface area contributed by atoms with Crippen LogP contribution in [-0.4, -0.2) is 16.7 Å². The fraction of sp³-hybridized carbons (Fsp3) is 0.286. The maximum Gasteiger partial charge on any atom is 0.134 e. The average Bonchev–Trinajstić information content (AvgIpc) is 2.46. The molecule has 0 bridgehead atoms. The van der Waals surface area contributed by atoms with Crippen molar-refractivity contribution in [1.82, 2.24) is 4.98 Å². The molecule has 0 radical (unpaired) electrons. The fourth-order valence-corrected chi connectivity index (χ4v) is 2.88. The molecule has 0 aliphatic carbocycles. The first kappa shape index (κ1) is 7.21. The first-order valence-electron chi connectivity index (χ1n) is 3.33. The molecule has 2 nitrogen and oxygen atoms in total. The summed E-state index contributed by atoms with van der Waals surface area (Å²) in [7, 11) is 0. The van der Waals surface area contributed by atoms with Gasteiger partial charge in [-0.3, -0.25) is 0 Å². The van der Waals surface area contributed by atoms with E-state index in [1.54, 1.807) is 22.7 Å². The van der Waals surface area contributed by atoms with E-state index in [0.29, 0.717) is 0 Å². The van der Waals surface area contributed by atoms with Crippen LogP contribution in [0.4, 0.5) is 0 Å². The van der Waals surface area contributed by atoms with Gasteiger partial charge in [-0.05, 0) is 6.07 Å². The number of nitrogens with zero attached hydrogens (tertiary/aromatic N) is 1. The molecule has 4 heteroatoms. The van der Waals surface area contributed by atoms with Crippen LogP contribution in [0.15, 0.2) is 11.6 Å². The van der Waals surface area contributed by atoms with Crippen molar-refractivity contribution in [3.63, 3.8) is 0 Å². The number of aliphatic hydroxyl groups is 1. The van der Waals surface area contributed by atoms with Crippen LogP contribution in [0.2, 0.25) is 0 Å². The Bertz CT molecular complexity index is 323. The van der Waals surface area contributed by atoms with Crippen molar-refractivity contribution in [2.45, 2.75) is 6.42 Å². The zero-order valence-corrected chi connectivity index (χ0v) is 7.41. The van der Waals surface area contributed by atoms with Gasteiger partial charge in [0.15, 0.2) is 0 Å². The monoisotopic (exact) mass is 185 g/mol. The van der Waals surface area contributed by atoms with Gasteiger partial charge in [0.05, 0.1) is 10.2 Å². The Hall–Kier alpha value is -0.450. The summed E-state index contributed by atoms with van der Waals surface area (Å²) in [6.07, 6.45) is 0.758. The lowest BCUT2D eigenvalue weighted by molar-refractivity contribution is 0.300.